The highest BCUT2D eigenvalue weighted by atomic mass is 127. The van der Waals surface area contributed by atoms with Gasteiger partial charge in [-0.25, -0.2) is 9.38 Å². The minimum atomic E-state index is -0.233. The van der Waals surface area contributed by atoms with Crippen molar-refractivity contribution in [3.8, 4) is 0 Å². The van der Waals surface area contributed by atoms with Gasteiger partial charge in [-0.3, -0.25) is 9.69 Å². The number of hydrogen-bond donors (Lipinski definition) is 2. The maximum atomic E-state index is 13.7. The Morgan fingerprint density at radius 1 is 1.28 bits per heavy atom. The summed E-state index contributed by atoms with van der Waals surface area (Å²) >= 11 is 0. The first-order valence-corrected chi connectivity index (χ1v) is 9.73. The monoisotopic (exact) mass is 521 g/mol. The number of ether oxygens (including phenoxy) is 1. The fourth-order valence-electron chi connectivity index (χ4n) is 2.73. The maximum absolute atomic E-state index is 13.7. The first-order valence-electron chi connectivity index (χ1n) is 9.73. The number of hydrogen-bond acceptors (Lipinski definition) is 4. The van der Waals surface area contributed by atoms with Crippen LogP contribution in [0.5, 0.6) is 0 Å². The first-order chi connectivity index (χ1) is 13.5. The number of nitrogens with zero attached hydrogens (tertiary/aromatic N) is 3. The highest BCUT2D eigenvalue weighted by Gasteiger charge is 2.10. The second kappa shape index (κ2) is 13.7. The Hall–Kier alpha value is -1.46. The van der Waals surface area contributed by atoms with Crippen molar-refractivity contribution in [1.82, 2.24) is 20.4 Å². The van der Waals surface area contributed by atoms with Crippen molar-refractivity contribution >= 4 is 35.8 Å². The van der Waals surface area contributed by atoms with Crippen LogP contribution in [0.3, 0.4) is 0 Å². The van der Waals surface area contributed by atoms with Crippen molar-refractivity contribution in [2.75, 3.05) is 60.0 Å². The molecular formula is C20H33FIN5O2. The van der Waals surface area contributed by atoms with Crippen LogP contribution < -0.4 is 10.6 Å². The van der Waals surface area contributed by atoms with Gasteiger partial charge in [-0.05, 0) is 37.1 Å². The van der Waals surface area contributed by atoms with E-state index in [2.05, 4.69) is 20.5 Å². The number of benzene rings is 1. The van der Waals surface area contributed by atoms with E-state index >= 15 is 0 Å². The second-order valence-electron chi connectivity index (χ2n) is 7.12. The van der Waals surface area contributed by atoms with Crippen LogP contribution in [0.2, 0.25) is 0 Å². The topological polar surface area (TPSA) is 69.2 Å². The molecule has 1 aliphatic heterocycles. The lowest BCUT2D eigenvalue weighted by molar-refractivity contribution is -0.127. The van der Waals surface area contributed by atoms with E-state index in [1.807, 2.05) is 6.07 Å². The van der Waals surface area contributed by atoms with Gasteiger partial charge in [0.15, 0.2) is 5.96 Å². The summed E-state index contributed by atoms with van der Waals surface area (Å²) in [6.07, 6.45) is 0.960. The van der Waals surface area contributed by atoms with Crippen LogP contribution in [-0.2, 0) is 16.1 Å². The molecule has 0 spiro atoms. The highest BCUT2D eigenvalue weighted by Crippen LogP contribution is 2.10. The van der Waals surface area contributed by atoms with E-state index in [1.54, 1.807) is 27.1 Å². The van der Waals surface area contributed by atoms with Crippen LogP contribution in [0.15, 0.2) is 23.2 Å². The van der Waals surface area contributed by atoms with Crippen molar-refractivity contribution in [3.63, 3.8) is 0 Å². The molecular weight excluding hydrogens is 488 g/mol. The third-order valence-corrected chi connectivity index (χ3v) is 4.61. The Balaban J connectivity index is 0.00000420. The van der Waals surface area contributed by atoms with Crippen LogP contribution >= 0.6 is 24.0 Å². The van der Waals surface area contributed by atoms with Gasteiger partial charge in [-0.15, -0.1) is 24.0 Å². The van der Waals surface area contributed by atoms with Gasteiger partial charge >= 0.3 is 0 Å². The Morgan fingerprint density at radius 2 is 2.00 bits per heavy atom. The molecule has 0 saturated carbocycles. The van der Waals surface area contributed by atoms with Crippen molar-refractivity contribution in [3.05, 3.63) is 35.1 Å². The average molecular weight is 521 g/mol. The molecule has 7 nitrogen and oxygen atoms in total. The van der Waals surface area contributed by atoms with Crippen molar-refractivity contribution in [2.45, 2.75) is 19.9 Å². The molecule has 1 saturated heterocycles. The molecule has 1 aromatic rings. The van der Waals surface area contributed by atoms with E-state index in [0.29, 0.717) is 18.1 Å². The molecule has 1 aromatic carbocycles. The lowest BCUT2D eigenvalue weighted by atomic mass is 10.1. The summed E-state index contributed by atoms with van der Waals surface area (Å²) in [6.45, 7) is 7.48. The molecule has 1 fully saturated rings. The summed E-state index contributed by atoms with van der Waals surface area (Å²) in [5.74, 6) is 0.283. The summed E-state index contributed by atoms with van der Waals surface area (Å²) in [5.41, 5.74) is 1.40. The molecule has 29 heavy (non-hydrogen) atoms. The quantitative estimate of drug-likeness (QED) is 0.236. The van der Waals surface area contributed by atoms with Gasteiger partial charge < -0.3 is 20.3 Å². The third-order valence-electron chi connectivity index (χ3n) is 4.61. The molecule has 2 rings (SSSR count). The summed E-state index contributed by atoms with van der Waals surface area (Å²) < 4.78 is 19.1. The number of nitrogens with one attached hydrogen (secondary N) is 2. The molecule has 0 bridgehead atoms. The molecule has 0 unspecified atom stereocenters. The minimum absolute atomic E-state index is 0. The summed E-state index contributed by atoms with van der Waals surface area (Å²) in [4.78, 5) is 20.3. The van der Waals surface area contributed by atoms with Gasteiger partial charge in [0.1, 0.15) is 5.82 Å². The molecule has 9 heteroatoms. The number of guanidine groups is 1. The van der Waals surface area contributed by atoms with Crippen LogP contribution in [0, 0.1) is 12.7 Å². The van der Waals surface area contributed by atoms with Gasteiger partial charge in [-0.2, -0.15) is 0 Å². The van der Waals surface area contributed by atoms with E-state index < -0.39 is 0 Å². The molecule has 0 radical (unpaired) electrons. The zero-order valence-electron chi connectivity index (χ0n) is 17.5. The van der Waals surface area contributed by atoms with Crippen molar-refractivity contribution in [2.24, 2.45) is 4.99 Å². The smallest absolute Gasteiger partial charge is 0.241 e. The summed E-state index contributed by atoms with van der Waals surface area (Å²) in [7, 11) is 3.43. The van der Waals surface area contributed by atoms with Crippen LogP contribution in [0.25, 0.3) is 0 Å². The number of carbonyl (C=O) groups excluding carboxylic acids is 1. The number of aliphatic imine (C=N–C) groups is 1. The lowest BCUT2D eigenvalue weighted by Crippen LogP contribution is -2.44. The first kappa shape index (κ1) is 25.6. The van der Waals surface area contributed by atoms with Gasteiger partial charge in [0, 0.05) is 33.7 Å². The van der Waals surface area contributed by atoms with Gasteiger partial charge in [0.25, 0.3) is 0 Å². The number of rotatable bonds is 8. The zero-order valence-corrected chi connectivity index (χ0v) is 19.9. The molecule has 1 heterocycles. The summed E-state index contributed by atoms with van der Waals surface area (Å²) in [5, 5.41) is 6.32. The fraction of sp³-hybridized carbons (Fsp3) is 0.600. The minimum Gasteiger partial charge on any atom is -0.379 e. The molecule has 2 N–H and O–H groups in total. The Kier molecular flexibility index (Phi) is 12.1. The zero-order chi connectivity index (χ0) is 20.4. The molecule has 0 atom stereocenters. The number of aryl methyl sites for hydroxylation is 1. The SMILES string of the molecule is Cc1ccc(CN=C(NCCCN2CCOCC2)NCC(=O)N(C)C)cc1F.I. The molecule has 1 aliphatic rings. The second-order valence-corrected chi connectivity index (χ2v) is 7.12. The van der Waals surface area contributed by atoms with Crippen molar-refractivity contribution < 1.29 is 13.9 Å². The Labute approximate surface area is 190 Å². The molecule has 0 aromatic heterocycles. The number of halogens is 2. The molecule has 164 valence electrons. The predicted octanol–water partition coefficient (Wildman–Crippen LogP) is 1.60. The third kappa shape index (κ3) is 9.72. The number of morpholine rings is 1. The van der Waals surface area contributed by atoms with E-state index in [-0.39, 0.29) is 42.2 Å². The van der Waals surface area contributed by atoms with E-state index in [1.165, 1.54) is 11.0 Å². The number of amides is 1. The van der Waals surface area contributed by atoms with Crippen LogP contribution in [0.4, 0.5) is 4.39 Å². The highest BCUT2D eigenvalue weighted by molar-refractivity contribution is 14.0. The maximum Gasteiger partial charge on any atom is 0.241 e. The van der Waals surface area contributed by atoms with Crippen molar-refractivity contribution in [1.29, 1.82) is 0 Å². The average Bonchev–Trinajstić information content (AvgIpc) is 2.69. The van der Waals surface area contributed by atoms with E-state index in [0.717, 1.165) is 51.4 Å². The molecule has 0 aliphatic carbocycles. The van der Waals surface area contributed by atoms with Gasteiger partial charge in [-0.1, -0.05) is 12.1 Å². The standard InChI is InChI=1S/C20H32FN5O2.HI/c1-16-5-6-17(13-18(16)21)14-23-20(24-15-19(27)25(2)3)22-7-4-8-26-9-11-28-12-10-26;/h5-6,13H,4,7-12,14-15H2,1-3H3,(H2,22,23,24);1H. The normalized spacial score (nSPS) is 14.8. The molecule has 1 amide bonds. The van der Waals surface area contributed by atoms with Crippen LogP contribution in [-0.4, -0.2) is 81.7 Å². The predicted molar refractivity (Wildman–Crippen MR) is 124 cm³/mol. The summed E-state index contributed by atoms with van der Waals surface area (Å²) in [6, 6.07) is 5.11. The number of likely N-dealkylation sites (N-methyl/N-ethyl adjacent to an activating group) is 1. The number of carbonyl (C=O) groups is 1. The fourth-order valence-corrected chi connectivity index (χ4v) is 2.73. The lowest BCUT2D eigenvalue weighted by Gasteiger charge is -2.26. The van der Waals surface area contributed by atoms with Gasteiger partial charge in [0.05, 0.1) is 26.3 Å². The largest absolute Gasteiger partial charge is 0.379 e. The van der Waals surface area contributed by atoms with E-state index in [9.17, 15) is 9.18 Å². The van der Waals surface area contributed by atoms with Crippen LogP contribution in [0.1, 0.15) is 17.5 Å². The van der Waals surface area contributed by atoms with Gasteiger partial charge in [0.2, 0.25) is 5.91 Å². The Morgan fingerprint density at radius 3 is 2.66 bits per heavy atom. The Bertz CT molecular complexity index is 666. The van der Waals surface area contributed by atoms with E-state index in [4.69, 9.17) is 4.74 Å².